The largest absolute Gasteiger partial charge is 0.456 e. The van der Waals surface area contributed by atoms with Crippen LogP contribution in [0.2, 0.25) is 0 Å². The van der Waals surface area contributed by atoms with Crippen LogP contribution in [0.15, 0.2) is 484 Å². The maximum absolute atomic E-state index is 6.37. The van der Waals surface area contributed by atoms with Crippen LogP contribution in [-0.4, -0.2) is 53.2 Å². The lowest BCUT2D eigenvalue weighted by molar-refractivity contribution is 0.669. The van der Waals surface area contributed by atoms with Gasteiger partial charge < -0.3 is 18.1 Å². The van der Waals surface area contributed by atoms with Gasteiger partial charge in [-0.3, -0.25) is 4.57 Å². The number of aromatic nitrogens is 11. The number of hydrogen-bond donors (Lipinski definition) is 0. The van der Waals surface area contributed by atoms with Gasteiger partial charge in [0.2, 0.25) is 5.95 Å². The van der Waals surface area contributed by atoms with Gasteiger partial charge in [-0.25, -0.2) is 34.9 Å². The second-order valence-corrected chi connectivity index (χ2v) is 37.3. The SMILES string of the molecule is c1ccc(-c2cc(-c3ccccc3)nc(-c3ccc(-n4c5cc6ccccc6cc5c5cc6c(cc54)oc4ccccc46)cc3)n2)cc1.c1ccc(-c2nc(-c3ccccc3)nc(-c3ccc(-n4c5cc6sc7ccccc7c6cc5c5ccc6ccccc6c54)cc3)n2)cc1.c1ccc(-c2nc(-n3c4cc5c(cc4c4ccc6ccccc6c43)c3ccccc3n5-c3ccccc3)nc3ccccc23)cc1. The smallest absolute Gasteiger partial charge is 0.235 e. The zero-order valence-electron chi connectivity index (χ0n) is 76.3. The molecule has 30 rings (SSSR count). The second kappa shape index (κ2) is 33.5. The summed E-state index contributed by atoms with van der Waals surface area (Å²) in [6.07, 6.45) is 0. The first kappa shape index (κ1) is 81.4. The highest BCUT2D eigenvalue weighted by Gasteiger charge is 2.27. The van der Waals surface area contributed by atoms with Gasteiger partial charge in [0.1, 0.15) is 11.2 Å². The topological polar surface area (TPSA) is 123 Å². The third-order valence-corrected chi connectivity index (χ3v) is 29.0. The summed E-state index contributed by atoms with van der Waals surface area (Å²) in [6.45, 7) is 0. The molecule has 0 saturated heterocycles. The van der Waals surface area contributed by atoms with Gasteiger partial charge in [0.25, 0.3) is 0 Å². The van der Waals surface area contributed by atoms with Crippen molar-refractivity contribution in [2.24, 2.45) is 0 Å². The lowest BCUT2D eigenvalue weighted by atomic mass is 10.0. The zero-order chi connectivity index (χ0) is 93.4. The molecule has 0 aliphatic rings. The Bertz CT molecular complexity index is 10100. The van der Waals surface area contributed by atoms with E-state index in [0.29, 0.717) is 29.2 Å². The number of furan rings is 1. The molecule has 0 bridgehead atoms. The number of thiophene rings is 1. The maximum atomic E-state index is 6.37. The molecule has 12 nitrogen and oxygen atoms in total. The molecule has 21 aromatic carbocycles. The Balaban J connectivity index is 0.000000104. The minimum Gasteiger partial charge on any atom is -0.456 e. The third kappa shape index (κ3) is 13.8. The summed E-state index contributed by atoms with van der Waals surface area (Å²) in [5.74, 6) is 3.32. The Kier molecular flexibility index (Phi) is 19.2. The van der Waals surface area contributed by atoms with Gasteiger partial charge in [-0.2, -0.15) is 0 Å². The second-order valence-electron chi connectivity index (χ2n) is 36.2. The van der Waals surface area contributed by atoms with E-state index in [1.807, 2.05) is 127 Å². The van der Waals surface area contributed by atoms with E-state index in [1.165, 1.54) is 112 Å². The van der Waals surface area contributed by atoms with E-state index in [2.05, 4.69) is 382 Å². The first-order valence-corrected chi connectivity index (χ1v) is 48.6. The van der Waals surface area contributed by atoms with Gasteiger partial charge in [-0.15, -0.1) is 11.3 Å². The minimum atomic E-state index is 0.647. The highest BCUT2D eigenvalue weighted by atomic mass is 32.1. The standard InChI is InChI=1S/C44H27N3O.C43H26N4S.C42H26N4/c1-3-11-28(12-4-1)38-26-39(29-13-5-2-6-14-29)46-44(45-38)30-19-21-33(22-20-30)47-40-24-32-16-8-7-15-31(32)23-35(40)36-25-37-34-17-9-10-18-42(34)48-43(37)27-41(36)47;1-3-12-28(13-4-1)41-44-42(29-14-5-2-6-15-29)46-43(45-41)30-19-22-31(23-20-30)47-37-26-39-36(33-17-9-10-18-38(33)48-39)25-35(37)34-24-21-27-11-7-8-16-32(27)40(34)47;1-3-14-28(15-4-1)40-33-20-9-11-21-36(33)43-42(44-40)46-39-26-38-34(25-35(39)32-24-23-27-13-7-8-18-30(27)41(32)46)31-19-10-12-22-37(31)45(38)29-16-5-2-6-17-29/h1-27H;1-26H;1-26H. The molecule has 0 atom stereocenters. The molecule has 142 heavy (non-hydrogen) atoms. The fourth-order valence-electron chi connectivity index (χ4n) is 21.3. The number of fused-ring (bicyclic) bond motifs is 24. The monoisotopic (exact) mass is 1830 g/mol. The van der Waals surface area contributed by atoms with E-state index < -0.39 is 0 Å². The summed E-state index contributed by atoms with van der Waals surface area (Å²) in [4.78, 5) is 35.5. The van der Waals surface area contributed by atoms with E-state index in [1.54, 1.807) is 0 Å². The first-order chi connectivity index (χ1) is 70.4. The summed E-state index contributed by atoms with van der Waals surface area (Å²) in [6, 6.07) is 169. The van der Waals surface area contributed by atoms with Crippen molar-refractivity contribution in [2.75, 3.05) is 0 Å². The van der Waals surface area contributed by atoms with Crippen molar-refractivity contribution < 1.29 is 4.42 Å². The van der Waals surface area contributed by atoms with Crippen LogP contribution in [0.5, 0.6) is 0 Å². The summed E-state index contributed by atoms with van der Waals surface area (Å²) >= 11 is 1.86. The molecule has 0 saturated carbocycles. The van der Waals surface area contributed by atoms with Crippen LogP contribution in [-0.2, 0) is 0 Å². The molecular formula is C129H79N11OS. The van der Waals surface area contributed by atoms with Crippen LogP contribution in [0.1, 0.15) is 0 Å². The zero-order valence-corrected chi connectivity index (χ0v) is 77.2. The van der Waals surface area contributed by atoms with E-state index in [4.69, 9.17) is 39.3 Å². The van der Waals surface area contributed by atoms with Gasteiger partial charge in [0.05, 0.1) is 66.7 Å². The van der Waals surface area contributed by atoms with Crippen LogP contribution in [0.4, 0.5) is 0 Å². The van der Waals surface area contributed by atoms with E-state index in [9.17, 15) is 0 Å². The molecule has 0 N–H and O–H groups in total. The van der Waals surface area contributed by atoms with Crippen molar-refractivity contribution in [2.45, 2.75) is 0 Å². The van der Waals surface area contributed by atoms with E-state index in [-0.39, 0.29) is 0 Å². The molecule has 0 fully saturated rings. The molecule has 9 aromatic heterocycles. The van der Waals surface area contributed by atoms with Crippen molar-refractivity contribution >= 4 is 184 Å². The van der Waals surface area contributed by atoms with Crippen molar-refractivity contribution in [1.29, 1.82) is 0 Å². The predicted molar refractivity (Wildman–Crippen MR) is 589 cm³/mol. The summed E-state index contributed by atoms with van der Waals surface area (Å²) in [7, 11) is 0. The summed E-state index contributed by atoms with van der Waals surface area (Å²) in [5, 5.41) is 22.9. The average molecular weight is 1830 g/mol. The lowest BCUT2D eigenvalue weighted by Gasteiger charge is -2.13. The van der Waals surface area contributed by atoms with E-state index >= 15 is 0 Å². The van der Waals surface area contributed by atoms with Crippen molar-refractivity contribution in [3.63, 3.8) is 0 Å². The number of para-hydroxylation sites is 4. The fourth-order valence-corrected chi connectivity index (χ4v) is 22.4. The Hall–Kier alpha value is -19.0. The number of nitrogens with zero attached hydrogens (tertiary/aromatic N) is 11. The van der Waals surface area contributed by atoms with Crippen LogP contribution < -0.4 is 0 Å². The summed E-state index contributed by atoms with van der Waals surface area (Å²) in [5.41, 5.74) is 24.9. The average Bonchev–Trinajstić information content (AvgIpc) is 1.60. The first-order valence-electron chi connectivity index (χ1n) is 47.8. The quantitative estimate of drug-likeness (QED) is 0.125. The Morgan fingerprint density at radius 1 is 0.183 bits per heavy atom. The van der Waals surface area contributed by atoms with Crippen LogP contribution in [0.3, 0.4) is 0 Å². The molecule has 13 heteroatoms. The molecule has 0 radical (unpaired) electrons. The molecular weight excluding hydrogens is 1750 g/mol. The van der Waals surface area contributed by atoms with Gasteiger partial charge in [-0.1, -0.05) is 340 Å². The lowest BCUT2D eigenvalue weighted by Crippen LogP contribution is -2.04. The molecule has 0 unspecified atom stereocenters. The molecule has 30 aromatic rings. The minimum absolute atomic E-state index is 0.647. The maximum Gasteiger partial charge on any atom is 0.235 e. The Morgan fingerprint density at radius 3 is 1.20 bits per heavy atom. The van der Waals surface area contributed by atoms with E-state index in [0.717, 1.165) is 134 Å². The Labute approximate surface area is 817 Å². The fraction of sp³-hybridized carbons (Fsp3) is 0. The normalized spacial score (nSPS) is 11.8. The molecule has 0 aliphatic heterocycles. The molecule has 0 aliphatic carbocycles. The van der Waals surface area contributed by atoms with Crippen molar-refractivity contribution in [1.82, 2.24) is 53.2 Å². The van der Waals surface area contributed by atoms with Crippen LogP contribution >= 0.6 is 11.3 Å². The van der Waals surface area contributed by atoms with Crippen LogP contribution in [0, 0.1) is 0 Å². The molecule has 0 amide bonds. The highest BCUT2D eigenvalue weighted by Crippen LogP contribution is 2.48. The van der Waals surface area contributed by atoms with Gasteiger partial charge in [0, 0.05) is 152 Å². The number of rotatable bonds is 11. The van der Waals surface area contributed by atoms with Gasteiger partial charge >= 0.3 is 0 Å². The van der Waals surface area contributed by atoms with Crippen molar-refractivity contribution in [3.8, 4) is 102 Å². The van der Waals surface area contributed by atoms with Crippen molar-refractivity contribution in [3.05, 3.63) is 479 Å². The predicted octanol–water partition coefficient (Wildman–Crippen LogP) is 33.8. The Morgan fingerprint density at radius 2 is 0.585 bits per heavy atom. The highest BCUT2D eigenvalue weighted by molar-refractivity contribution is 7.25. The third-order valence-electron chi connectivity index (χ3n) is 27.9. The molecule has 9 heterocycles. The number of benzene rings is 21. The van der Waals surface area contributed by atoms with Crippen LogP contribution in [0.25, 0.3) is 275 Å². The summed E-state index contributed by atoms with van der Waals surface area (Å²) < 4.78 is 18.4. The molecule has 662 valence electrons. The molecule has 0 spiro atoms. The number of hydrogen-bond acceptors (Lipinski definition) is 9. The van der Waals surface area contributed by atoms with Gasteiger partial charge in [0.15, 0.2) is 23.3 Å². The van der Waals surface area contributed by atoms with Gasteiger partial charge in [-0.05, 0) is 155 Å².